The molecule has 6 aromatic carbocycles. The molecular formula is C44H27N5S. The standard InChI is InChI=1S/C44H27N5S/c1-2-13-25-24(11-1)12-9-16-26(25)41-43-42(28-15-4-8-22-36(28)50-43)48-44(47-41)49-34-21-7-3-14-27(34)38-29-17-10-18-30-37(29)31(23-35(38)49)40-39(30)45-32-19-5-6-20-33(32)46-40/h1-23,33,44,46,48H. The minimum absolute atomic E-state index is 0.0582. The molecule has 2 N–H and O–H groups in total. The molecule has 12 rings (SSSR count). The highest BCUT2D eigenvalue weighted by Gasteiger charge is 2.34. The molecule has 2 aromatic heterocycles. The maximum Gasteiger partial charge on any atom is 0.201 e. The number of anilines is 1. The largest absolute Gasteiger partial charge is 0.371 e. The average Bonchev–Trinajstić information content (AvgIpc) is 3.82. The van der Waals surface area contributed by atoms with E-state index in [0.717, 1.165) is 45.1 Å². The highest BCUT2D eigenvalue weighted by Crippen LogP contribution is 2.50. The third-order valence-corrected chi connectivity index (χ3v) is 11.9. The summed E-state index contributed by atoms with van der Waals surface area (Å²) in [6, 6.07) is 41.9. The van der Waals surface area contributed by atoms with Gasteiger partial charge >= 0.3 is 0 Å². The quantitative estimate of drug-likeness (QED) is 0.194. The first-order chi connectivity index (χ1) is 24.8. The van der Waals surface area contributed by atoms with E-state index < -0.39 is 0 Å². The molecule has 4 aliphatic rings. The molecule has 5 nitrogen and oxygen atoms in total. The van der Waals surface area contributed by atoms with Gasteiger partial charge < -0.3 is 15.2 Å². The zero-order valence-electron chi connectivity index (χ0n) is 26.7. The van der Waals surface area contributed by atoms with Crippen molar-refractivity contribution in [2.45, 2.75) is 12.3 Å². The van der Waals surface area contributed by atoms with Gasteiger partial charge in [0.15, 0.2) is 0 Å². The molecule has 2 aliphatic heterocycles. The van der Waals surface area contributed by atoms with Crippen LogP contribution in [0.2, 0.25) is 0 Å². The monoisotopic (exact) mass is 657 g/mol. The summed E-state index contributed by atoms with van der Waals surface area (Å²) in [5, 5.41) is 16.4. The number of benzene rings is 6. The van der Waals surface area contributed by atoms with Crippen LogP contribution in [0.5, 0.6) is 0 Å². The first-order valence-electron chi connectivity index (χ1n) is 17.1. The fourth-order valence-corrected chi connectivity index (χ4v) is 9.82. The van der Waals surface area contributed by atoms with E-state index in [-0.39, 0.29) is 12.3 Å². The second kappa shape index (κ2) is 9.68. The Labute approximate surface area is 290 Å². The van der Waals surface area contributed by atoms with Gasteiger partial charge in [0.25, 0.3) is 0 Å². The molecule has 234 valence electrons. The second-order valence-electron chi connectivity index (χ2n) is 13.4. The van der Waals surface area contributed by atoms with Crippen LogP contribution in [0.15, 0.2) is 150 Å². The number of thiophene rings is 1. The lowest BCUT2D eigenvalue weighted by atomic mass is 9.98. The van der Waals surface area contributed by atoms with E-state index in [1.54, 1.807) is 0 Å². The molecule has 2 unspecified atom stereocenters. The predicted molar refractivity (Wildman–Crippen MR) is 210 cm³/mol. The van der Waals surface area contributed by atoms with Crippen LogP contribution in [-0.4, -0.2) is 22.0 Å². The van der Waals surface area contributed by atoms with Gasteiger partial charge in [-0.05, 0) is 40.4 Å². The third kappa shape index (κ3) is 3.45. The smallest absolute Gasteiger partial charge is 0.201 e. The van der Waals surface area contributed by atoms with Gasteiger partial charge in [-0.25, -0.2) is 9.98 Å². The molecular weight excluding hydrogens is 631 g/mol. The molecule has 0 spiro atoms. The lowest BCUT2D eigenvalue weighted by molar-refractivity contribution is 0.626. The van der Waals surface area contributed by atoms with Gasteiger partial charge in [-0.1, -0.05) is 115 Å². The van der Waals surface area contributed by atoms with E-state index in [1.165, 1.54) is 58.4 Å². The molecule has 2 aliphatic carbocycles. The van der Waals surface area contributed by atoms with Crippen LogP contribution in [0.25, 0.3) is 64.8 Å². The Bertz CT molecular complexity index is 3000. The van der Waals surface area contributed by atoms with E-state index in [0.29, 0.717) is 0 Å². The summed E-state index contributed by atoms with van der Waals surface area (Å²) in [4.78, 5) is 12.1. The van der Waals surface area contributed by atoms with Crippen molar-refractivity contribution in [3.8, 4) is 0 Å². The van der Waals surface area contributed by atoms with Gasteiger partial charge in [-0.15, -0.1) is 11.3 Å². The number of nitrogens with zero attached hydrogens (tertiary/aromatic N) is 3. The zero-order chi connectivity index (χ0) is 32.5. The van der Waals surface area contributed by atoms with E-state index >= 15 is 0 Å². The molecule has 6 heteroatoms. The summed E-state index contributed by atoms with van der Waals surface area (Å²) in [6.07, 6.45) is 8.10. The zero-order valence-corrected chi connectivity index (χ0v) is 27.5. The van der Waals surface area contributed by atoms with Crippen molar-refractivity contribution in [3.05, 3.63) is 161 Å². The van der Waals surface area contributed by atoms with Crippen molar-refractivity contribution in [1.29, 1.82) is 0 Å². The summed E-state index contributed by atoms with van der Waals surface area (Å²) >= 11 is 1.81. The normalized spacial score (nSPS) is 18.7. The Morgan fingerprint density at radius 2 is 1.42 bits per heavy atom. The molecule has 0 saturated heterocycles. The minimum Gasteiger partial charge on any atom is -0.371 e. The molecule has 0 fully saturated rings. The topological polar surface area (TPSA) is 53.7 Å². The second-order valence-corrected chi connectivity index (χ2v) is 14.4. The maximum atomic E-state index is 5.68. The van der Waals surface area contributed by atoms with Crippen LogP contribution in [0, 0.1) is 0 Å². The summed E-state index contributed by atoms with van der Waals surface area (Å²) in [5.74, 6) is 0. The first-order valence-corrected chi connectivity index (χ1v) is 17.9. The van der Waals surface area contributed by atoms with Crippen molar-refractivity contribution in [3.63, 3.8) is 0 Å². The Hall–Kier alpha value is -6.24. The van der Waals surface area contributed by atoms with Gasteiger partial charge in [0.1, 0.15) is 0 Å². The summed E-state index contributed by atoms with van der Waals surface area (Å²) in [7, 11) is 0. The van der Waals surface area contributed by atoms with Crippen LogP contribution in [-0.2, 0) is 0 Å². The Morgan fingerprint density at radius 1 is 0.640 bits per heavy atom. The number of nitrogens with one attached hydrogen (secondary N) is 2. The summed E-state index contributed by atoms with van der Waals surface area (Å²) in [6.45, 7) is 0. The van der Waals surface area contributed by atoms with Crippen molar-refractivity contribution in [2.24, 2.45) is 9.98 Å². The highest BCUT2D eigenvalue weighted by atomic mass is 32.1. The van der Waals surface area contributed by atoms with Crippen molar-refractivity contribution >= 4 is 93.3 Å². The summed E-state index contributed by atoms with van der Waals surface area (Å²) < 4.78 is 3.68. The van der Waals surface area contributed by atoms with Gasteiger partial charge in [-0.2, -0.15) is 0 Å². The Kier molecular flexibility index (Phi) is 5.17. The molecule has 0 bridgehead atoms. The van der Waals surface area contributed by atoms with Gasteiger partial charge in [0.2, 0.25) is 6.29 Å². The van der Waals surface area contributed by atoms with Gasteiger partial charge in [-0.3, -0.25) is 0 Å². The number of allylic oxidation sites excluding steroid dienone is 2. The SMILES string of the molecule is C1=CC2=NC3=C(NC2C=C1)c1cc2c(c4cccc3c14)c1ccccc1n2C1N=C(c2cccc3ccccc23)c2sc3ccccc3c2N1. The van der Waals surface area contributed by atoms with Crippen LogP contribution in [0.4, 0.5) is 5.69 Å². The molecule has 0 saturated carbocycles. The lowest BCUT2D eigenvalue weighted by Crippen LogP contribution is -2.36. The summed E-state index contributed by atoms with van der Waals surface area (Å²) in [5.41, 5.74) is 11.2. The first kappa shape index (κ1) is 26.7. The van der Waals surface area contributed by atoms with Crippen LogP contribution >= 0.6 is 11.3 Å². The molecule has 0 radical (unpaired) electrons. The molecule has 0 amide bonds. The highest BCUT2D eigenvalue weighted by molar-refractivity contribution is 7.22. The van der Waals surface area contributed by atoms with E-state index in [1.807, 2.05) is 11.3 Å². The van der Waals surface area contributed by atoms with Gasteiger partial charge in [0.05, 0.1) is 50.5 Å². The van der Waals surface area contributed by atoms with E-state index in [2.05, 4.69) is 155 Å². The van der Waals surface area contributed by atoms with E-state index in [4.69, 9.17) is 9.98 Å². The van der Waals surface area contributed by atoms with Gasteiger partial charge in [0, 0.05) is 42.9 Å². The fraction of sp³-hybridized carbons (Fsp3) is 0.0455. The molecule has 4 heterocycles. The molecule has 50 heavy (non-hydrogen) atoms. The number of aliphatic imine (C=N–C) groups is 2. The van der Waals surface area contributed by atoms with E-state index in [9.17, 15) is 0 Å². The number of hydrogen-bond donors (Lipinski definition) is 2. The van der Waals surface area contributed by atoms with Crippen molar-refractivity contribution < 1.29 is 0 Å². The maximum absolute atomic E-state index is 5.68. The molecule has 2 atom stereocenters. The number of hydrogen-bond acceptors (Lipinski definition) is 5. The number of aromatic nitrogens is 1. The average molecular weight is 658 g/mol. The van der Waals surface area contributed by atoms with Crippen LogP contribution in [0.3, 0.4) is 0 Å². The molecule has 8 aromatic rings. The number of rotatable bonds is 2. The minimum atomic E-state index is -0.380. The number of fused-ring (bicyclic) bond motifs is 11. The third-order valence-electron chi connectivity index (χ3n) is 10.8. The predicted octanol–water partition coefficient (Wildman–Crippen LogP) is 10.4. The Balaban J connectivity index is 1.16. The van der Waals surface area contributed by atoms with Crippen LogP contribution < -0.4 is 10.6 Å². The van der Waals surface area contributed by atoms with Crippen molar-refractivity contribution in [1.82, 2.24) is 9.88 Å². The fourth-order valence-electron chi connectivity index (χ4n) is 8.64. The lowest BCUT2D eigenvalue weighted by Gasteiger charge is -2.27. The van der Waals surface area contributed by atoms with Crippen molar-refractivity contribution in [2.75, 3.05) is 5.32 Å². The van der Waals surface area contributed by atoms with Crippen LogP contribution in [0.1, 0.15) is 27.9 Å². The Morgan fingerprint density at radius 3 is 2.38 bits per heavy atom. The number of para-hydroxylation sites is 1.